The molecule has 0 aliphatic carbocycles. The summed E-state index contributed by atoms with van der Waals surface area (Å²) in [6.07, 6.45) is 5.23. The third kappa shape index (κ3) is 5.16. The van der Waals surface area contributed by atoms with Crippen molar-refractivity contribution in [2.45, 2.75) is 20.8 Å². The molecule has 1 aromatic carbocycles. The minimum absolute atomic E-state index is 0.721. The highest BCUT2D eigenvalue weighted by Gasteiger charge is 2.14. The smallest absolute Gasteiger partial charge is 0.113 e. The van der Waals surface area contributed by atoms with Gasteiger partial charge in [0.15, 0.2) is 0 Å². The Balaban J connectivity index is 1.90. The predicted molar refractivity (Wildman–Crippen MR) is 131 cm³/mol. The van der Waals surface area contributed by atoms with Crippen LogP contribution < -0.4 is 0 Å². The molecule has 0 atom stereocenters. The summed E-state index contributed by atoms with van der Waals surface area (Å²) < 4.78 is 0. The van der Waals surface area contributed by atoms with Crippen LogP contribution in [-0.2, 0) is 0 Å². The number of pyridine rings is 3. The van der Waals surface area contributed by atoms with Gasteiger partial charge in [-0.1, -0.05) is 36.0 Å². The molecule has 0 saturated carbocycles. The molecule has 3 heterocycles. The predicted octanol–water partition coefficient (Wildman–Crippen LogP) is 5.00. The molecule has 3 nitrogen and oxygen atoms in total. The van der Waals surface area contributed by atoms with Gasteiger partial charge in [-0.25, -0.2) is 15.0 Å². The van der Waals surface area contributed by atoms with Crippen LogP contribution in [0.2, 0.25) is 0 Å². The van der Waals surface area contributed by atoms with Crippen LogP contribution in [0, 0.1) is 56.3 Å². The maximum atomic E-state index is 4.32. The summed E-state index contributed by atoms with van der Waals surface area (Å²) in [5.74, 6) is 19.5. The molecule has 33 heavy (non-hydrogen) atoms. The van der Waals surface area contributed by atoms with Crippen molar-refractivity contribution < 1.29 is 0 Å². The van der Waals surface area contributed by atoms with Crippen molar-refractivity contribution in [1.29, 1.82) is 0 Å². The van der Waals surface area contributed by atoms with E-state index in [1.165, 1.54) is 0 Å². The van der Waals surface area contributed by atoms with E-state index in [0.717, 1.165) is 50.5 Å². The van der Waals surface area contributed by atoms with E-state index in [2.05, 4.69) is 71.2 Å². The lowest BCUT2D eigenvalue weighted by Crippen LogP contribution is -2.02. The lowest BCUT2D eigenvalue weighted by molar-refractivity contribution is 1.24. The maximum absolute atomic E-state index is 4.32. The first kappa shape index (κ1) is 21.6. The topological polar surface area (TPSA) is 38.7 Å². The first-order valence-electron chi connectivity index (χ1n) is 10.6. The molecule has 0 radical (unpaired) electrons. The summed E-state index contributed by atoms with van der Waals surface area (Å²) in [6.45, 7) is 6.17. The van der Waals surface area contributed by atoms with Gasteiger partial charge >= 0.3 is 0 Å². The van der Waals surface area contributed by atoms with E-state index in [-0.39, 0.29) is 0 Å². The summed E-state index contributed by atoms with van der Waals surface area (Å²) >= 11 is 0. The molecule has 0 N–H and O–H groups in total. The molecule has 156 valence electrons. The molecule has 0 fully saturated rings. The Morgan fingerprint density at radius 1 is 0.424 bits per heavy atom. The van der Waals surface area contributed by atoms with E-state index in [0.29, 0.717) is 0 Å². The van der Waals surface area contributed by atoms with Crippen molar-refractivity contribution in [2.24, 2.45) is 0 Å². The minimum atomic E-state index is 0.721. The number of aromatic nitrogens is 3. The number of benzene rings is 1. The minimum Gasteiger partial charge on any atom is -0.248 e. The van der Waals surface area contributed by atoms with Crippen molar-refractivity contribution in [2.75, 3.05) is 0 Å². The van der Waals surface area contributed by atoms with Gasteiger partial charge in [0.25, 0.3) is 0 Å². The molecule has 4 rings (SSSR count). The van der Waals surface area contributed by atoms with Gasteiger partial charge in [0, 0.05) is 35.3 Å². The Bertz CT molecular complexity index is 1260. The lowest BCUT2D eigenvalue weighted by Gasteiger charge is -2.14. The molecule has 0 bridgehead atoms. The van der Waals surface area contributed by atoms with E-state index < -0.39 is 0 Å². The normalized spacial score (nSPS) is 9.55. The van der Waals surface area contributed by atoms with Crippen LogP contribution in [-0.4, -0.2) is 15.0 Å². The third-order valence-corrected chi connectivity index (χ3v) is 5.19. The quantitative estimate of drug-likeness (QED) is 0.374. The van der Waals surface area contributed by atoms with Crippen LogP contribution in [0.15, 0.2) is 73.2 Å². The molecule has 3 heteroatoms. The van der Waals surface area contributed by atoms with Gasteiger partial charge in [0.05, 0.1) is 0 Å². The fourth-order valence-corrected chi connectivity index (χ4v) is 3.47. The van der Waals surface area contributed by atoms with Gasteiger partial charge in [0.1, 0.15) is 17.1 Å². The second-order valence-corrected chi connectivity index (χ2v) is 7.39. The Labute approximate surface area is 195 Å². The van der Waals surface area contributed by atoms with Crippen molar-refractivity contribution in [1.82, 2.24) is 15.0 Å². The summed E-state index contributed by atoms with van der Waals surface area (Å²) in [5, 5.41) is 0. The van der Waals surface area contributed by atoms with Gasteiger partial charge in [0.2, 0.25) is 0 Å². The van der Waals surface area contributed by atoms with Crippen molar-refractivity contribution in [3.63, 3.8) is 0 Å². The second kappa shape index (κ2) is 10.1. The van der Waals surface area contributed by atoms with Gasteiger partial charge in [-0.15, -0.1) is 0 Å². The Kier molecular flexibility index (Phi) is 6.61. The summed E-state index contributed by atoms with van der Waals surface area (Å²) in [4.78, 5) is 13.0. The first-order valence-corrected chi connectivity index (χ1v) is 10.6. The second-order valence-electron chi connectivity index (χ2n) is 7.39. The van der Waals surface area contributed by atoms with Gasteiger partial charge in [-0.3, -0.25) is 0 Å². The largest absolute Gasteiger partial charge is 0.248 e. The summed E-state index contributed by atoms with van der Waals surface area (Å²) in [5.41, 5.74) is 8.00. The van der Waals surface area contributed by atoms with Crippen molar-refractivity contribution in [3.05, 3.63) is 124 Å². The van der Waals surface area contributed by atoms with Crippen molar-refractivity contribution >= 4 is 0 Å². The fourth-order valence-electron chi connectivity index (χ4n) is 3.47. The average molecular weight is 424 g/mol. The maximum Gasteiger partial charge on any atom is 0.113 e. The SMILES string of the molecule is Cc1c(C#Cc2ccccn2)c(C)c(C#Cc2ccccn2)c(C)c1C#Cc1ccccn1. The summed E-state index contributed by atoms with van der Waals surface area (Å²) in [7, 11) is 0. The van der Waals surface area contributed by atoms with Crippen LogP contribution in [0.4, 0.5) is 0 Å². The highest BCUT2D eigenvalue weighted by molar-refractivity contribution is 5.66. The standard InChI is InChI=1S/C30H21N3/c1-22-28(16-13-25-10-4-7-19-31-25)23(2)30(18-15-27-12-6-9-21-33-27)24(3)29(22)17-14-26-11-5-8-20-32-26/h4-12,19-21H,1-3H3. The molecule has 0 amide bonds. The number of hydrogen-bond donors (Lipinski definition) is 0. The van der Waals surface area contributed by atoms with E-state index in [9.17, 15) is 0 Å². The van der Waals surface area contributed by atoms with E-state index >= 15 is 0 Å². The molecule has 4 aromatic rings. The van der Waals surface area contributed by atoms with Gasteiger partial charge in [-0.05, 0) is 91.6 Å². The van der Waals surface area contributed by atoms with Gasteiger partial charge < -0.3 is 0 Å². The zero-order valence-electron chi connectivity index (χ0n) is 18.8. The zero-order valence-corrected chi connectivity index (χ0v) is 18.8. The van der Waals surface area contributed by atoms with Crippen molar-refractivity contribution in [3.8, 4) is 35.5 Å². The Morgan fingerprint density at radius 2 is 0.727 bits per heavy atom. The molecule has 0 aliphatic heterocycles. The van der Waals surface area contributed by atoms with Crippen LogP contribution in [0.5, 0.6) is 0 Å². The molecule has 0 aliphatic rings. The fraction of sp³-hybridized carbons (Fsp3) is 0.100. The Hall–Kier alpha value is -4.65. The van der Waals surface area contributed by atoms with Crippen LogP contribution in [0.25, 0.3) is 0 Å². The molecule has 3 aromatic heterocycles. The zero-order chi connectivity index (χ0) is 23.0. The third-order valence-electron chi connectivity index (χ3n) is 5.19. The number of rotatable bonds is 0. The monoisotopic (exact) mass is 423 g/mol. The summed E-state index contributed by atoms with van der Waals surface area (Å²) in [6, 6.07) is 17.1. The highest BCUT2D eigenvalue weighted by atomic mass is 14.7. The first-order chi connectivity index (χ1) is 16.1. The van der Waals surface area contributed by atoms with E-state index in [1.54, 1.807) is 18.6 Å². The molecule has 0 saturated heterocycles. The molecular formula is C30H21N3. The number of nitrogens with zero attached hydrogens (tertiary/aromatic N) is 3. The van der Waals surface area contributed by atoms with Crippen LogP contribution >= 0.6 is 0 Å². The number of hydrogen-bond acceptors (Lipinski definition) is 3. The molecular weight excluding hydrogens is 402 g/mol. The van der Waals surface area contributed by atoms with Crippen LogP contribution in [0.1, 0.15) is 50.5 Å². The Morgan fingerprint density at radius 3 is 0.970 bits per heavy atom. The van der Waals surface area contributed by atoms with Crippen LogP contribution in [0.3, 0.4) is 0 Å². The highest BCUT2D eigenvalue weighted by Crippen LogP contribution is 2.26. The molecule has 0 spiro atoms. The lowest BCUT2D eigenvalue weighted by atomic mass is 9.88. The molecule has 0 unspecified atom stereocenters. The van der Waals surface area contributed by atoms with Gasteiger partial charge in [-0.2, -0.15) is 0 Å². The van der Waals surface area contributed by atoms with E-state index in [1.807, 2.05) is 54.6 Å². The van der Waals surface area contributed by atoms with E-state index in [4.69, 9.17) is 0 Å². The average Bonchev–Trinajstić information content (AvgIpc) is 2.86.